The normalized spacial score (nSPS) is 11.5. The number of hydrogen-bond acceptors (Lipinski definition) is 3. The zero-order chi connectivity index (χ0) is 16.7. The second-order valence-electron chi connectivity index (χ2n) is 5.96. The fraction of sp³-hybridized carbons (Fsp3) is 0.316. The first kappa shape index (κ1) is 20.0. The van der Waals surface area contributed by atoms with Crippen molar-refractivity contribution in [1.29, 1.82) is 0 Å². The highest BCUT2D eigenvalue weighted by molar-refractivity contribution is 5.85. The van der Waals surface area contributed by atoms with Crippen LogP contribution in [0.15, 0.2) is 54.6 Å². The average molecular weight is 349 g/mol. The Hall–Kier alpha value is -2.04. The van der Waals surface area contributed by atoms with Gasteiger partial charge >= 0.3 is 0 Å². The number of halogens is 1. The number of nitrogens with two attached hydrogens (primary N) is 1. The average Bonchev–Trinajstić information content (AvgIpc) is 2.58. The van der Waals surface area contributed by atoms with Crippen molar-refractivity contribution in [3.8, 4) is 5.75 Å². The maximum absolute atomic E-state index is 12.1. The molecule has 1 atom stereocenters. The molecule has 0 bridgehead atoms. The topological polar surface area (TPSA) is 64.3 Å². The van der Waals surface area contributed by atoms with Gasteiger partial charge in [0.15, 0.2) is 0 Å². The van der Waals surface area contributed by atoms with E-state index in [0.717, 1.165) is 16.9 Å². The Balaban J connectivity index is 0.00000288. The van der Waals surface area contributed by atoms with E-state index in [1.807, 2.05) is 54.6 Å². The molecular weight excluding hydrogens is 324 g/mol. The standard InChI is InChI=1S/C19H24N2O2.ClH/c1-14(2)13-23-17-10-6-7-15(11-17)12-21-19(22)18(20)16-8-4-3-5-9-16;/h3-11,14,18H,12-13,20H2,1-2H3,(H,21,22);1H. The molecule has 0 heterocycles. The van der Waals surface area contributed by atoms with E-state index < -0.39 is 6.04 Å². The molecule has 2 rings (SSSR count). The van der Waals surface area contributed by atoms with Crippen LogP contribution < -0.4 is 15.8 Å². The van der Waals surface area contributed by atoms with Crippen LogP contribution in [0.4, 0.5) is 0 Å². The van der Waals surface area contributed by atoms with Crippen LogP contribution in [-0.2, 0) is 11.3 Å². The molecule has 0 aliphatic rings. The fourth-order valence-corrected chi connectivity index (χ4v) is 2.12. The molecule has 4 nitrogen and oxygen atoms in total. The molecule has 2 aromatic carbocycles. The molecular formula is C19H25ClN2O2. The van der Waals surface area contributed by atoms with E-state index in [2.05, 4.69) is 19.2 Å². The molecule has 0 saturated carbocycles. The largest absolute Gasteiger partial charge is 0.493 e. The summed E-state index contributed by atoms with van der Waals surface area (Å²) in [6.45, 7) is 5.32. The third-order valence-corrected chi connectivity index (χ3v) is 3.39. The van der Waals surface area contributed by atoms with Gasteiger partial charge in [0.05, 0.1) is 6.61 Å². The molecule has 0 radical (unpaired) electrons. The number of rotatable bonds is 7. The van der Waals surface area contributed by atoms with E-state index in [1.165, 1.54) is 0 Å². The summed E-state index contributed by atoms with van der Waals surface area (Å²) in [6.07, 6.45) is 0. The third-order valence-electron chi connectivity index (χ3n) is 3.39. The van der Waals surface area contributed by atoms with Gasteiger partial charge in [0, 0.05) is 6.54 Å². The van der Waals surface area contributed by atoms with Gasteiger partial charge in [-0.15, -0.1) is 12.4 Å². The summed E-state index contributed by atoms with van der Waals surface area (Å²) >= 11 is 0. The summed E-state index contributed by atoms with van der Waals surface area (Å²) in [5, 5.41) is 2.87. The molecule has 0 aliphatic carbocycles. The Morgan fingerprint density at radius 2 is 1.83 bits per heavy atom. The van der Waals surface area contributed by atoms with Crippen molar-refractivity contribution in [2.75, 3.05) is 6.61 Å². The molecule has 2 aromatic rings. The van der Waals surface area contributed by atoms with Crippen LogP contribution in [0.25, 0.3) is 0 Å². The van der Waals surface area contributed by atoms with Crippen LogP contribution in [0.1, 0.15) is 31.0 Å². The summed E-state index contributed by atoms with van der Waals surface area (Å²) in [5.41, 5.74) is 7.77. The summed E-state index contributed by atoms with van der Waals surface area (Å²) < 4.78 is 5.69. The number of benzene rings is 2. The molecule has 1 amide bonds. The van der Waals surface area contributed by atoms with Crippen molar-refractivity contribution in [2.45, 2.75) is 26.4 Å². The highest BCUT2D eigenvalue weighted by Crippen LogP contribution is 2.15. The third kappa shape index (κ3) is 6.22. The Kier molecular flexibility index (Phi) is 8.30. The maximum atomic E-state index is 12.1. The highest BCUT2D eigenvalue weighted by atomic mass is 35.5. The summed E-state index contributed by atoms with van der Waals surface area (Å²) in [6, 6.07) is 16.4. The van der Waals surface area contributed by atoms with E-state index >= 15 is 0 Å². The fourth-order valence-electron chi connectivity index (χ4n) is 2.12. The molecule has 0 aliphatic heterocycles. The molecule has 24 heavy (non-hydrogen) atoms. The van der Waals surface area contributed by atoms with E-state index in [9.17, 15) is 4.79 Å². The summed E-state index contributed by atoms with van der Waals surface area (Å²) in [7, 11) is 0. The molecule has 130 valence electrons. The van der Waals surface area contributed by atoms with Crippen molar-refractivity contribution in [3.05, 3.63) is 65.7 Å². The van der Waals surface area contributed by atoms with Crippen molar-refractivity contribution < 1.29 is 9.53 Å². The van der Waals surface area contributed by atoms with Gasteiger partial charge in [0.25, 0.3) is 0 Å². The maximum Gasteiger partial charge on any atom is 0.241 e. The Bertz CT molecular complexity index is 632. The van der Waals surface area contributed by atoms with Gasteiger partial charge in [0.1, 0.15) is 11.8 Å². The van der Waals surface area contributed by atoms with Crippen LogP contribution in [0, 0.1) is 5.92 Å². The van der Waals surface area contributed by atoms with Crippen molar-refractivity contribution in [2.24, 2.45) is 11.7 Å². The van der Waals surface area contributed by atoms with E-state index in [0.29, 0.717) is 19.1 Å². The smallest absolute Gasteiger partial charge is 0.241 e. The van der Waals surface area contributed by atoms with Gasteiger partial charge in [-0.05, 0) is 29.2 Å². The number of carbonyl (C=O) groups excluding carboxylic acids is 1. The van der Waals surface area contributed by atoms with E-state index in [4.69, 9.17) is 10.5 Å². The van der Waals surface area contributed by atoms with Gasteiger partial charge in [-0.3, -0.25) is 4.79 Å². The van der Waals surface area contributed by atoms with Crippen molar-refractivity contribution in [1.82, 2.24) is 5.32 Å². The Morgan fingerprint density at radius 3 is 2.50 bits per heavy atom. The monoisotopic (exact) mass is 348 g/mol. The van der Waals surface area contributed by atoms with Crippen LogP contribution in [0.5, 0.6) is 5.75 Å². The Labute approximate surface area is 149 Å². The first-order chi connectivity index (χ1) is 11.1. The second-order valence-corrected chi connectivity index (χ2v) is 5.96. The molecule has 0 saturated heterocycles. The minimum Gasteiger partial charge on any atom is -0.493 e. The molecule has 0 spiro atoms. The van der Waals surface area contributed by atoms with Gasteiger partial charge < -0.3 is 15.8 Å². The quantitative estimate of drug-likeness (QED) is 0.805. The number of ether oxygens (including phenoxy) is 1. The van der Waals surface area contributed by atoms with Crippen LogP contribution in [-0.4, -0.2) is 12.5 Å². The predicted octanol–water partition coefficient (Wildman–Crippen LogP) is 3.46. The predicted molar refractivity (Wildman–Crippen MR) is 99.2 cm³/mol. The van der Waals surface area contributed by atoms with E-state index in [1.54, 1.807) is 0 Å². The van der Waals surface area contributed by atoms with Gasteiger partial charge in [-0.2, -0.15) is 0 Å². The lowest BCUT2D eigenvalue weighted by Gasteiger charge is -2.13. The summed E-state index contributed by atoms with van der Waals surface area (Å²) in [5.74, 6) is 1.10. The molecule has 5 heteroatoms. The SMILES string of the molecule is CC(C)COc1cccc(CNC(=O)C(N)c2ccccc2)c1.Cl. The van der Waals surface area contributed by atoms with Gasteiger partial charge in [-0.25, -0.2) is 0 Å². The second kappa shape index (κ2) is 9.96. The molecule has 3 N–H and O–H groups in total. The van der Waals surface area contributed by atoms with Crippen LogP contribution >= 0.6 is 12.4 Å². The number of carbonyl (C=O) groups is 1. The lowest BCUT2D eigenvalue weighted by Crippen LogP contribution is -2.33. The minimum atomic E-state index is -0.656. The minimum absolute atomic E-state index is 0. The zero-order valence-corrected chi connectivity index (χ0v) is 14.9. The number of amides is 1. The van der Waals surface area contributed by atoms with Crippen molar-refractivity contribution >= 4 is 18.3 Å². The lowest BCUT2D eigenvalue weighted by molar-refractivity contribution is -0.122. The lowest BCUT2D eigenvalue weighted by atomic mass is 10.1. The van der Waals surface area contributed by atoms with Crippen LogP contribution in [0.3, 0.4) is 0 Å². The molecule has 1 unspecified atom stereocenters. The van der Waals surface area contributed by atoms with Crippen molar-refractivity contribution in [3.63, 3.8) is 0 Å². The number of hydrogen-bond donors (Lipinski definition) is 2. The number of nitrogens with one attached hydrogen (secondary N) is 1. The van der Waals surface area contributed by atoms with Gasteiger partial charge in [-0.1, -0.05) is 56.3 Å². The first-order valence-electron chi connectivity index (χ1n) is 7.86. The first-order valence-corrected chi connectivity index (χ1v) is 7.86. The molecule has 0 fully saturated rings. The zero-order valence-electron chi connectivity index (χ0n) is 14.1. The van der Waals surface area contributed by atoms with Gasteiger partial charge in [0.2, 0.25) is 5.91 Å². The highest BCUT2D eigenvalue weighted by Gasteiger charge is 2.14. The Morgan fingerprint density at radius 1 is 1.12 bits per heavy atom. The van der Waals surface area contributed by atoms with E-state index in [-0.39, 0.29) is 18.3 Å². The van der Waals surface area contributed by atoms with Crippen LogP contribution in [0.2, 0.25) is 0 Å². The summed E-state index contributed by atoms with van der Waals surface area (Å²) in [4.78, 5) is 12.1. The molecule has 0 aromatic heterocycles.